The van der Waals surface area contributed by atoms with E-state index >= 15 is 0 Å². The molecule has 0 saturated carbocycles. The predicted octanol–water partition coefficient (Wildman–Crippen LogP) is 11.4. The van der Waals surface area contributed by atoms with E-state index in [1.165, 1.54) is 42.4 Å². The van der Waals surface area contributed by atoms with E-state index in [1.54, 1.807) is 0 Å². The van der Waals surface area contributed by atoms with E-state index in [1.807, 2.05) is 30.5 Å². The first-order valence-electron chi connectivity index (χ1n) is 19.0. The number of rotatable bonds is 6. The summed E-state index contributed by atoms with van der Waals surface area (Å²) in [4.78, 5) is 9.45. The Kier molecular flexibility index (Phi) is 8.69. The molecule has 9 aromatic rings. The fraction of sp³-hybridized carbons (Fsp3) is 0.0400. The molecule has 0 spiro atoms. The Morgan fingerprint density at radius 1 is 0.561 bits per heavy atom. The molecule has 278 valence electrons. The van der Waals surface area contributed by atoms with Crippen molar-refractivity contribution in [1.82, 2.24) is 9.55 Å². The van der Waals surface area contributed by atoms with E-state index in [9.17, 15) is 0 Å². The topological polar surface area (TPSA) is 33.5 Å². The Balaban J connectivity index is 0.00000396. The first kappa shape index (κ1) is 35.5. The van der Waals surface area contributed by atoms with Gasteiger partial charge < -0.3 is 0 Å². The minimum atomic E-state index is -2.81. The van der Waals surface area contributed by atoms with Crippen LogP contribution in [0.25, 0.3) is 49.9 Å². The third-order valence-electron chi connectivity index (χ3n) is 11.3. The Labute approximate surface area is 349 Å². The summed E-state index contributed by atoms with van der Waals surface area (Å²) in [7, 11) is 0. The zero-order chi connectivity index (χ0) is 37.4. The van der Waals surface area contributed by atoms with Gasteiger partial charge in [0.25, 0.3) is 0 Å². The predicted molar refractivity (Wildman–Crippen MR) is 232 cm³/mol. The molecule has 5 nitrogen and oxygen atoms in total. The third-order valence-corrected chi connectivity index (χ3v) is 18.7. The summed E-state index contributed by atoms with van der Waals surface area (Å²) in [6.07, 6.45) is 1.83. The summed E-state index contributed by atoms with van der Waals surface area (Å²) in [6, 6.07) is 65.2. The monoisotopic (exact) mass is 976 g/mol. The van der Waals surface area contributed by atoms with Gasteiger partial charge in [-0.25, -0.2) is 0 Å². The van der Waals surface area contributed by atoms with Gasteiger partial charge in [-0.1, -0.05) is 0 Å². The van der Waals surface area contributed by atoms with Crippen LogP contribution in [0.1, 0.15) is 0 Å². The van der Waals surface area contributed by atoms with Crippen molar-refractivity contribution in [2.75, 3.05) is 9.80 Å². The number of para-hydroxylation sites is 3. The molecule has 11 rings (SSSR count). The molecule has 0 unspecified atom stereocenters. The Hall–Kier alpha value is -5.88. The van der Waals surface area contributed by atoms with Crippen LogP contribution in [-0.2, 0) is 21.1 Å². The first-order valence-corrected chi connectivity index (χ1v) is 25.3. The van der Waals surface area contributed by atoms with Crippen molar-refractivity contribution in [3.8, 4) is 39.6 Å². The molecular formula is C50H35GeN4OPt-3. The minimum Gasteiger partial charge on any atom is 0 e. The molecule has 7 heteroatoms. The zero-order valence-electron chi connectivity index (χ0n) is 31.3. The SMILES string of the molecule is [CH3][Ge]1([CH3])[c]2ccc(Oc3[c-]c4c(cc3)c3ccccc3n4-c3ccccn3)[c-]c2N2[CH-]N(c3c(-c4ccccc4)cccc3-c3ccccc3)c3ccc[c]1c32.[Pt]. The van der Waals surface area contributed by atoms with E-state index in [0.717, 1.165) is 39.0 Å². The van der Waals surface area contributed by atoms with Crippen LogP contribution in [0.15, 0.2) is 170 Å². The normalized spacial score (nSPS) is 13.6. The molecule has 2 aliphatic rings. The van der Waals surface area contributed by atoms with E-state index in [2.05, 4.69) is 184 Å². The number of ether oxygens (including phenoxy) is 1. The first-order chi connectivity index (χ1) is 27.5. The summed E-state index contributed by atoms with van der Waals surface area (Å²) in [5.74, 6) is 7.11. The van der Waals surface area contributed by atoms with E-state index < -0.39 is 13.3 Å². The van der Waals surface area contributed by atoms with Gasteiger partial charge in [-0.15, -0.1) is 0 Å². The number of fused-ring (bicyclic) bond motifs is 5. The van der Waals surface area contributed by atoms with Crippen LogP contribution in [0.5, 0.6) is 11.5 Å². The maximum absolute atomic E-state index is 6.69. The Morgan fingerprint density at radius 2 is 1.23 bits per heavy atom. The van der Waals surface area contributed by atoms with Gasteiger partial charge in [0.1, 0.15) is 0 Å². The van der Waals surface area contributed by atoms with Crippen molar-refractivity contribution in [2.45, 2.75) is 11.5 Å². The number of nitrogens with zero attached hydrogens (tertiary/aromatic N) is 4. The van der Waals surface area contributed by atoms with E-state index in [-0.39, 0.29) is 21.1 Å². The molecule has 7 aromatic carbocycles. The largest absolute Gasteiger partial charge is 0 e. The fourth-order valence-corrected chi connectivity index (χ4v) is 14.8. The average Bonchev–Trinajstić information content (AvgIpc) is 3.80. The maximum Gasteiger partial charge on any atom is 0 e. The van der Waals surface area contributed by atoms with E-state index in [4.69, 9.17) is 9.72 Å². The molecule has 0 aliphatic carbocycles. The zero-order valence-corrected chi connectivity index (χ0v) is 35.6. The van der Waals surface area contributed by atoms with Crippen LogP contribution < -0.4 is 23.3 Å². The van der Waals surface area contributed by atoms with Crippen molar-refractivity contribution in [3.05, 3.63) is 189 Å². The number of pyridine rings is 1. The van der Waals surface area contributed by atoms with Gasteiger partial charge in [0.2, 0.25) is 0 Å². The van der Waals surface area contributed by atoms with Crippen LogP contribution in [0.2, 0.25) is 11.5 Å². The van der Waals surface area contributed by atoms with Gasteiger partial charge in [-0.3, -0.25) is 0 Å². The van der Waals surface area contributed by atoms with Crippen LogP contribution in [0.3, 0.4) is 0 Å². The second kappa shape index (κ2) is 13.9. The van der Waals surface area contributed by atoms with Gasteiger partial charge in [-0.05, 0) is 6.07 Å². The number of aromatic nitrogens is 2. The van der Waals surface area contributed by atoms with E-state index in [0.29, 0.717) is 11.5 Å². The van der Waals surface area contributed by atoms with Crippen molar-refractivity contribution >= 4 is 66.6 Å². The standard InChI is InChI=1S/C50H35GeN4O.Pt/c1-51(2)42-29-27-37(56-36-26-28-41-40-19-9-10-23-44(40)55(46(41)31-36)48-25-11-12-30-52-48)32-47(42)54-33-53(45-24-14-22-43(51)50(45)54)49-38(34-15-5-3-6-16-34)20-13-21-39(49)35-17-7-4-8-18-35;/h3-30,33H,1-2H3;/q-3;. The molecule has 2 aromatic heterocycles. The van der Waals surface area contributed by atoms with Crippen LogP contribution in [-0.4, -0.2) is 22.8 Å². The smallest absolute Gasteiger partial charge is 0 e. The molecule has 0 bridgehead atoms. The second-order valence-corrected chi connectivity index (χ2v) is 24.0. The quantitative estimate of drug-likeness (QED) is 0.123. The molecular weight excluding hydrogens is 940 g/mol. The number of hydrogen-bond donors (Lipinski definition) is 0. The summed E-state index contributed by atoms with van der Waals surface area (Å²) in [5.41, 5.74) is 11.3. The summed E-state index contributed by atoms with van der Waals surface area (Å²) in [5, 5.41) is 2.25. The van der Waals surface area contributed by atoms with Gasteiger partial charge in [-0.2, -0.15) is 0 Å². The molecule has 57 heavy (non-hydrogen) atoms. The van der Waals surface area contributed by atoms with Gasteiger partial charge in [0, 0.05) is 21.1 Å². The maximum atomic E-state index is 6.69. The van der Waals surface area contributed by atoms with Crippen LogP contribution in [0, 0.1) is 18.8 Å². The van der Waals surface area contributed by atoms with Gasteiger partial charge in [0.05, 0.1) is 0 Å². The summed E-state index contributed by atoms with van der Waals surface area (Å²) in [6.45, 7) is 2.27. The number of benzene rings is 7. The van der Waals surface area contributed by atoms with Crippen molar-refractivity contribution < 1.29 is 25.8 Å². The molecule has 0 atom stereocenters. The van der Waals surface area contributed by atoms with Crippen molar-refractivity contribution in [2.24, 2.45) is 0 Å². The molecule has 0 radical (unpaired) electrons. The van der Waals surface area contributed by atoms with Gasteiger partial charge in [0.15, 0.2) is 0 Å². The van der Waals surface area contributed by atoms with Crippen molar-refractivity contribution in [1.29, 1.82) is 0 Å². The molecule has 0 N–H and O–H groups in total. The fourth-order valence-electron chi connectivity index (χ4n) is 8.71. The Bertz CT molecular complexity index is 2910. The number of hydrogen-bond acceptors (Lipinski definition) is 4. The second-order valence-electron chi connectivity index (χ2n) is 14.9. The minimum absolute atomic E-state index is 0. The van der Waals surface area contributed by atoms with Crippen LogP contribution in [0.4, 0.5) is 22.7 Å². The summed E-state index contributed by atoms with van der Waals surface area (Å²) >= 11 is -2.81. The number of anilines is 4. The Morgan fingerprint density at radius 3 is 1.96 bits per heavy atom. The molecule has 0 saturated heterocycles. The van der Waals surface area contributed by atoms with Gasteiger partial charge >= 0.3 is 325 Å². The van der Waals surface area contributed by atoms with Crippen molar-refractivity contribution in [3.63, 3.8) is 0 Å². The molecule has 2 aliphatic heterocycles. The third kappa shape index (κ3) is 5.67. The molecule has 0 fully saturated rings. The average molecular weight is 976 g/mol. The molecule has 0 amide bonds. The van der Waals surface area contributed by atoms with Crippen LogP contribution >= 0.6 is 0 Å². The molecule has 4 heterocycles. The summed E-state index contributed by atoms with van der Waals surface area (Å²) < 4.78 is 11.7.